The third-order valence-corrected chi connectivity index (χ3v) is 5.24. The Morgan fingerprint density at radius 1 is 1.22 bits per heavy atom. The van der Waals surface area contributed by atoms with E-state index in [0.29, 0.717) is 12.0 Å². The van der Waals surface area contributed by atoms with E-state index in [2.05, 4.69) is 20.9 Å². The summed E-state index contributed by atoms with van der Waals surface area (Å²) in [5, 5.41) is 0. The van der Waals surface area contributed by atoms with Crippen molar-refractivity contribution < 1.29 is 17.9 Å². The Hall–Kier alpha value is -1.24. The van der Waals surface area contributed by atoms with Crippen molar-refractivity contribution in [1.82, 2.24) is 0 Å². The van der Waals surface area contributed by atoms with Crippen LogP contribution in [0.3, 0.4) is 0 Å². The molecule has 2 aliphatic rings. The van der Waals surface area contributed by atoms with Gasteiger partial charge < -0.3 is 10.5 Å². The highest BCUT2D eigenvalue weighted by Crippen LogP contribution is 2.49. The van der Waals surface area contributed by atoms with Crippen LogP contribution in [-0.2, 0) is 10.3 Å². The van der Waals surface area contributed by atoms with Crippen molar-refractivity contribution in [1.29, 1.82) is 0 Å². The van der Waals surface area contributed by atoms with Gasteiger partial charge in [-0.1, -0.05) is 15.9 Å². The molecule has 1 fully saturated rings. The summed E-state index contributed by atoms with van der Waals surface area (Å²) in [6.45, 7) is 1.77. The number of hydrogen-bond donors (Lipinski definition) is 1. The SMILES string of the molecule is CC1(c2cc(Br)ccc2F)CC2(CCC(F)(F)CC2)OC(N)=N1. The quantitative estimate of drug-likeness (QED) is 0.767. The predicted octanol–water partition coefficient (Wildman–Crippen LogP) is 4.49. The van der Waals surface area contributed by atoms with E-state index in [1.807, 2.05) is 0 Å². The van der Waals surface area contributed by atoms with Crippen LogP contribution in [0.2, 0.25) is 0 Å². The molecule has 0 aromatic heterocycles. The van der Waals surface area contributed by atoms with Crippen LogP contribution in [0.4, 0.5) is 13.2 Å². The van der Waals surface area contributed by atoms with Gasteiger partial charge in [0.1, 0.15) is 11.4 Å². The van der Waals surface area contributed by atoms with E-state index < -0.39 is 22.9 Å². The van der Waals surface area contributed by atoms with Gasteiger partial charge in [-0.05, 0) is 38.0 Å². The van der Waals surface area contributed by atoms with E-state index in [-0.39, 0.29) is 31.7 Å². The summed E-state index contributed by atoms with van der Waals surface area (Å²) in [6, 6.07) is 4.55. The van der Waals surface area contributed by atoms with Gasteiger partial charge in [-0.2, -0.15) is 0 Å². The van der Waals surface area contributed by atoms with Gasteiger partial charge in [-0.25, -0.2) is 18.2 Å². The molecule has 1 heterocycles. The zero-order valence-corrected chi connectivity index (χ0v) is 14.3. The molecular weight excluding hydrogens is 373 g/mol. The molecule has 0 bridgehead atoms. The molecule has 1 aliphatic heterocycles. The average molecular weight is 391 g/mol. The average Bonchev–Trinajstić information content (AvgIpc) is 2.44. The first kappa shape index (κ1) is 16.6. The first-order valence-electron chi connectivity index (χ1n) is 7.51. The maximum atomic E-state index is 14.3. The highest BCUT2D eigenvalue weighted by Gasteiger charge is 2.51. The third kappa shape index (κ3) is 3.20. The number of ether oxygens (including phenoxy) is 1. The van der Waals surface area contributed by atoms with Crippen LogP contribution in [0, 0.1) is 5.82 Å². The topological polar surface area (TPSA) is 47.6 Å². The predicted molar refractivity (Wildman–Crippen MR) is 84.9 cm³/mol. The lowest BCUT2D eigenvalue weighted by Gasteiger charge is -2.47. The summed E-state index contributed by atoms with van der Waals surface area (Å²) in [5.74, 6) is -3.07. The molecule has 0 saturated heterocycles. The second-order valence-corrected chi connectivity index (χ2v) is 7.58. The van der Waals surface area contributed by atoms with E-state index in [1.54, 1.807) is 19.1 Å². The number of amidine groups is 1. The van der Waals surface area contributed by atoms with Crippen molar-refractivity contribution in [2.45, 2.75) is 56.1 Å². The minimum absolute atomic E-state index is 0.0664. The molecule has 1 spiro atoms. The summed E-state index contributed by atoms with van der Waals surface area (Å²) in [7, 11) is 0. The second kappa shape index (κ2) is 5.40. The molecular formula is C16H18BrF3N2O. The first-order chi connectivity index (χ1) is 10.6. The lowest BCUT2D eigenvalue weighted by Crippen LogP contribution is -2.51. The van der Waals surface area contributed by atoms with Gasteiger partial charge >= 0.3 is 0 Å². The fourth-order valence-corrected chi connectivity index (χ4v) is 3.97. The molecule has 126 valence electrons. The van der Waals surface area contributed by atoms with Crippen molar-refractivity contribution in [3.63, 3.8) is 0 Å². The van der Waals surface area contributed by atoms with Gasteiger partial charge in [0.05, 0.1) is 5.54 Å². The lowest BCUT2D eigenvalue weighted by atomic mass is 9.72. The number of aliphatic imine (C=N–C) groups is 1. The molecule has 3 nitrogen and oxygen atoms in total. The minimum atomic E-state index is -2.67. The molecule has 2 N–H and O–H groups in total. The Morgan fingerprint density at radius 2 is 1.87 bits per heavy atom. The Balaban J connectivity index is 1.97. The van der Waals surface area contributed by atoms with Crippen molar-refractivity contribution in [2.75, 3.05) is 0 Å². The van der Waals surface area contributed by atoms with Crippen molar-refractivity contribution in [2.24, 2.45) is 10.7 Å². The number of nitrogens with zero attached hydrogens (tertiary/aromatic N) is 1. The first-order valence-corrected chi connectivity index (χ1v) is 8.30. The second-order valence-electron chi connectivity index (χ2n) is 6.67. The Kier molecular flexibility index (Phi) is 3.90. The van der Waals surface area contributed by atoms with Gasteiger partial charge in [0.25, 0.3) is 6.02 Å². The largest absolute Gasteiger partial charge is 0.459 e. The molecule has 1 unspecified atom stereocenters. The number of hydrogen-bond acceptors (Lipinski definition) is 3. The molecule has 23 heavy (non-hydrogen) atoms. The van der Waals surface area contributed by atoms with E-state index >= 15 is 0 Å². The smallest absolute Gasteiger partial charge is 0.283 e. The lowest BCUT2D eigenvalue weighted by molar-refractivity contribution is -0.112. The van der Waals surface area contributed by atoms with E-state index in [4.69, 9.17) is 10.5 Å². The minimum Gasteiger partial charge on any atom is -0.459 e. The number of benzene rings is 1. The molecule has 0 radical (unpaired) electrons. The molecule has 1 aromatic rings. The fraction of sp³-hybridized carbons (Fsp3) is 0.562. The van der Waals surface area contributed by atoms with Crippen LogP contribution in [0.1, 0.15) is 44.6 Å². The van der Waals surface area contributed by atoms with E-state index in [0.717, 1.165) is 4.47 Å². The van der Waals surface area contributed by atoms with Crippen LogP contribution in [0.5, 0.6) is 0 Å². The zero-order chi connectivity index (χ0) is 16.9. The molecule has 0 amide bonds. The summed E-state index contributed by atoms with van der Waals surface area (Å²) < 4.78 is 47.7. The van der Waals surface area contributed by atoms with Crippen molar-refractivity contribution >= 4 is 22.0 Å². The van der Waals surface area contributed by atoms with Gasteiger partial charge in [0.2, 0.25) is 5.92 Å². The van der Waals surface area contributed by atoms with Crippen LogP contribution in [-0.4, -0.2) is 17.5 Å². The van der Waals surface area contributed by atoms with Crippen LogP contribution in [0.15, 0.2) is 27.7 Å². The standard InChI is InChI=1S/C16H18BrF3N2O/c1-14(11-8-10(17)2-3-12(11)18)9-15(23-13(21)22-14)4-6-16(19,20)7-5-15/h2-3,8H,4-7,9H2,1H3,(H2,21,22). The molecule has 1 saturated carbocycles. The van der Waals surface area contributed by atoms with Crippen LogP contribution in [0.25, 0.3) is 0 Å². The van der Waals surface area contributed by atoms with Gasteiger partial charge in [0.15, 0.2) is 0 Å². The Labute approximate surface area is 141 Å². The van der Waals surface area contributed by atoms with Crippen LogP contribution >= 0.6 is 15.9 Å². The normalized spacial score (nSPS) is 29.0. The van der Waals surface area contributed by atoms with Gasteiger partial charge in [-0.3, -0.25) is 0 Å². The number of halogens is 4. The van der Waals surface area contributed by atoms with Gasteiger partial charge in [-0.15, -0.1) is 0 Å². The molecule has 1 aliphatic carbocycles. The van der Waals surface area contributed by atoms with Gasteiger partial charge in [0, 0.05) is 29.3 Å². The maximum absolute atomic E-state index is 14.3. The summed E-state index contributed by atoms with van der Waals surface area (Å²) in [5.41, 5.74) is 4.45. The highest BCUT2D eigenvalue weighted by atomic mass is 79.9. The number of alkyl halides is 2. The molecule has 7 heteroatoms. The molecule has 1 aromatic carbocycles. The number of nitrogens with two attached hydrogens (primary N) is 1. The Bertz CT molecular complexity index is 655. The number of rotatable bonds is 1. The van der Waals surface area contributed by atoms with E-state index in [9.17, 15) is 13.2 Å². The highest BCUT2D eigenvalue weighted by molar-refractivity contribution is 9.10. The van der Waals surface area contributed by atoms with Crippen molar-refractivity contribution in [3.05, 3.63) is 34.1 Å². The Morgan fingerprint density at radius 3 is 2.52 bits per heavy atom. The van der Waals surface area contributed by atoms with Crippen molar-refractivity contribution in [3.8, 4) is 0 Å². The molecule has 3 rings (SSSR count). The summed E-state index contributed by atoms with van der Waals surface area (Å²) in [4.78, 5) is 4.30. The third-order valence-electron chi connectivity index (χ3n) is 4.75. The molecule has 1 atom stereocenters. The zero-order valence-electron chi connectivity index (χ0n) is 12.7. The fourth-order valence-electron chi connectivity index (χ4n) is 3.61. The van der Waals surface area contributed by atoms with Crippen LogP contribution < -0.4 is 5.73 Å². The maximum Gasteiger partial charge on any atom is 0.283 e. The summed E-state index contributed by atoms with van der Waals surface area (Å²) in [6.07, 6.45) is 0.182. The monoisotopic (exact) mass is 390 g/mol. The van der Waals surface area contributed by atoms with E-state index in [1.165, 1.54) is 6.07 Å². The summed E-state index contributed by atoms with van der Waals surface area (Å²) >= 11 is 3.33.